The van der Waals surface area contributed by atoms with Gasteiger partial charge in [0, 0.05) is 24.5 Å². The fraction of sp³-hybridized carbons (Fsp3) is 0.381. The smallest absolute Gasteiger partial charge is 0.407 e. The first-order valence-electron chi connectivity index (χ1n) is 9.08. The standard InChI is InChI=1S/C21H23NO4/c23-11-14-12-25-10-9-20(14)22-21(24)26-13-19-17-7-3-1-5-15(17)16-6-2-4-8-18(16)19/h1-8,14,19-20,23H,9-13H2,(H,22,24)/t14-,20+/m1/s1. The number of hydrogen-bond donors (Lipinski definition) is 2. The lowest BCUT2D eigenvalue weighted by Gasteiger charge is -2.30. The molecule has 0 bridgehead atoms. The van der Waals surface area contributed by atoms with Crippen molar-refractivity contribution in [2.45, 2.75) is 18.4 Å². The maximum Gasteiger partial charge on any atom is 0.407 e. The summed E-state index contributed by atoms with van der Waals surface area (Å²) in [6.45, 7) is 1.34. The number of benzene rings is 2. The molecule has 1 heterocycles. The Bertz CT molecular complexity index is 746. The molecule has 0 unspecified atom stereocenters. The zero-order valence-electron chi connectivity index (χ0n) is 14.6. The van der Waals surface area contributed by atoms with Gasteiger partial charge in [-0.3, -0.25) is 0 Å². The number of amides is 1. The second kappa shape index (κ2) is 7.48. The molecule has 0 radical (unpaired) electrons. The van der Waals surface area contributed by atoms with Crippen molar-refractivity contribution < 1.29 is 19.4 Å². The third-order valence-corrected chi connectivity index (χ3v) is 5.36. The Morgan fingerprint density at radius 2 is 1.77 bits per heavy atom. The highest BCUT2D eigenvalue weighted by molar-refractivity contribution is 5.79. The third-order valence-electron chi connectivity index (χ3n) is 5.36. The van der Waals surface area contributed by atoms with Crippen molar-refractivity contribution >= 4 is 6.09 Å². The van der Waals surface area contributed by atoms with E-state index in [0.717, 1.165) is 0 Å². The van der Waals surface area contributed by atoms with Crippen LogP contribution >= 0.6 is 0 Å². The largest absolute Gasteiger partial charge is 0.449 e. The van der Waals surface area contributed by atoms with Gasteiger partial charge in [-0.15, -0.1) is 0 Å². The van der Waals surface area contributed by atoms with Gasteiger partial charge in [-0.1, -0.05) is 48.5 Å². The first-order valence-corrected chi connectivity index (χ1v) is 9.08. The number of hydrogen-bond acceptors (Lipinski definition) is 4. The summed E-state index contributed by atoms with van der Waals surface area (Å²) in [6.07, 6.45) is 0.257. The van der Waals surface area contributed by atoms with Crippen molar-refractivity contribution in [2.75, 3.05) is 26.4 Å². The molecule has 2 N–H and O–H groups in total. The molecule has 1 amide bonds. The molecule has 1 fully saturated rings. The molecule has 1 saturated heterocycles. The number of ether oxygens (including phenoxy) is 2. The van der Waals surface area contributed by atoms with Crippen molar-refractivity contribution in [3.63, 3.8) is 0 Å². The van der Waals surface area contributed by atoms with Crippen molar-refractivity contribution in [1.82, 2.24) is 5.32 Å². The fourth-order valence-electron chi connectivity index (χ4n) is 3.96. The van der Waals surface area contributed by atoms with Crippen molar-refractivity contribution in [2.24, 2.45) is 5.92 Å². The fourth-order valence-corrected chi connectivity index (χ4v) is 3.96. The molecule has 5 heteroatoms. The summed E-state index contributed by atoms with van der Waals surface area (Å²) in [6, 6.07) is 16.4. The van der Waals surface area contributed by atoms with E-state index in [1.165, 1.54) is 22.3 Å². The summed E-state index contributed by atoms with van der Waals surface area (Å²) in [5.41, 5.74) is 4.81. The van der Waals surface area contributed by atoms with Gasteiger partial charge in [0.1, 0.15) is 6.61 Å². The first kappa shape index (κ1) is 17.1. The molecule has 136 valence electrons. The van der Waals surface area contributed by atoms with Crippen LogP contribution in [0, 0.1) is 5.92 Å². The van der Waals surface area contributed by atoms with Gasteiger partial charge >= 0.3 is 6.09 Å². The van der Waals surface area contributed by atoms with Crippen LogP contribution in [0.15, 0.2) is 48.5 Å². The number of carbonyl (C=O) groups excluding carboxylic acids is 1. The molecule has 4 rings (SSSR count). The normalized spacial score (nSPS) is 21.7. The van der Waals surface area contributed by atoms with Gasteiger partial charge in [-0.25, -0.2) is 4.79 Å². The van der Waals surface area contributed by atoms with Crippen LogP contribution in [0.2, 0.25) is 0 Å². The lowest BCUT2D eigenvalue weighted by molar-refractivity contribution is 0.00778. The summed E-state index contributed by atoms with van der Waals surface area (Å²) in [5.74, 6) is -0.0271. The van der Waals surface area contributed by atoms with Gasteiger partial charge in [-0.2, -0.15) is 0 Å². The molecule has 0 aromatic heterocycles. The van der Waals surface area contributed by atoms with E-state index in [1.807, 2.05) is 24.3 Å². The van der Waals surface area contributed by atoms with Gasteiger partial charge < -0.3 is 19.9 Å². The van der Waals surface area contributed by atoms with Crippen LogP contribution in [0.4, 0.5) is 4.79 Å². The second-order valence-electron chi connectivity index (χ2n) is 6.88. The Balaban J connectivity index is 1.44. The second-order valence-corrected chi connectivity index (χ2v) is 6.88. The van der Waals surface area contributed by atoms with Gasteiger partial charge in [0.05, 0.1) is 13.2 Å². The van der Waals surface area contributed by atoms with Crippen molar-refractivity contribution in [1.29, 1.82) is 0 Å². The summed E-state index contributed by atoms with van der Waals surface area (Å²) in [4.78, 5) is 12.3. The monoisotopic (exact) mass is 353 g/mol. The van der Waals surface area contributed by atoms with E-state index >= 15 is 0 Å². The maximum absolute atomic E-state index is 12.3. The van der Waals surface area contributed by atoms with E-state index in [2.05, 4.69) is 29.6 Å². The van der Waals surface area contributed by atoms with Crippen LogP contribution in [0.1, 0.15) is 23.5 Å². The molecule has 2 aromatic carbocycles. The molecule has 5 nitrogen and oxygen atoms in total. The molecule has 1 aliphatic heterocycles. The van der Waals surface area contributed by atoms with Crippen molar-refractivity contribution in [3.05, 3.63) is 59.7 Å². The van der Waals surface area contributed by atoms with E-state index in [1.54, 1.807) is 0 Å². The van der Waals surface area contributed by atoms with Gasteiger partial charge in [-0.05, 0) is 28.7 Å². The van der Waals surface area contributed by atoms with Crippen molar-refractivity contribution in [3.8, 4) is 11.1 Å². The highest BCUT2D eigenvalue weighted by Crippen LogP contribution is 2.44. The number of rotatable bonds is 4. The van der Waals surface area contributed by atoms with E-state index in [0.29, 0.717) is 26.2 Å². The van der Waals surface area contributed by atoms with Gasteiger partial charge in [0.2, 0.25) is 0 Å². The summed E-state index contributed by atoms with van der Waals surface area (Å²) in [7, 11) is 0. The van der Waals surface area contributed by atoms with E-state index < -0.39 is 6.09 Å². The minimum atomic E-state index is -0.433. The number of alkyl carbamates (subject to hydrolysis) is 1. The molecule has 0 spiro atoms. The number of carbonyl (C=O) groups is 1. The van der Waals surface area contributed by atoms with E-state index in [-0.39, 0.29) is 24.5 Å². The van der Waals surface area contributed by atoms with Crippen LogP contribution in [0.5, 0.6) is 0 Å². The summed E-state index contributed by atoms with van der Waals surface area (Å²) < 4.78 is 10.9. The number of nitrogens with one attached hydrogen (secondary N) is 1. The minimum Gasteiger partial charge on any atom is -0.449 e. The Morgan fingerprint density at radius 1 is 1.12 bits per heavy atom. The quantitative estimate of drug-likeness (QED) is 0.887. The molecular formula is C21H23NO4. The lowest BCUT2D eigenvalue weighted by Crippen LogP contribution is -2.47. The minimum absolute atomic E-state index is 0.00563. The van der Waals surface area contributed by atoms with Crippen LogP contribution in [0.3, 0.4) is 0 Å². The van der Waals surface area contributed by atoms with Crippen LogP contribution in [-0.2, 0) is 9.47 Å². The Labute approximate surface area is 152 Å². The molecule has 2 atom stereocenters. The van der Waals surface area contributed by atoms with E-state index in [4.69, 9.17) is 9.47 Å². The molecule has 2 aliphatic rings. The lowest BCUT2D eigenvalue weighted by atomic mass is 9.97. The predicted octanol–water partition coefficient (Wildman–Crippen LogP) is 2.92. The number of fused-ring (bicyclic) bond motifs is 3. The van der Waals surface area contributed by atoms with Crippen LogP contribution in [-0.4, -0.2) is 43.7 Å². The first-order chi connectivity index (χ1) is 12.8. The van der Waals surface area contributed by atoms with Crippen LogP contribution in [0.25, 0.3) is 11.1 Å². The van der Waals surface area contributed by atoms with E-state index in [9.17, 15) is 9.90 Å². The predicted molar refractivity (Wildman–Crippen MR) is 98.0 cm³/mol. The Hall–Kier alpha value is -2.37. The SMILES string of the molecule is O=C(N[C@H]1CCOC[C@H]1CO)OCC1c2ccccc2-c2ccccc21. The summed E-state index contributed by atoms with van der Waals surface area (Å²) in [5, 5.41) is 12.3. The summed E-state index contributed by atoms with van der Waals surface area (Å²) >= 11 is 0. The molecular weight excluding hydrogens is 330 g/mol. The topological polar surface area (TPSA) is 67.8 Å². The van der Waals surface area contributed by atoms with Crippen LogP contribution < -0.4 is 5.32 Å². The maximum atomic E-state index is 12.3. The highest BCUT2D eigenvalue weighted by Gasteiger charge is 2.30. The molecule has 2 aromatic rings. The average molecular weight is 353 g/mol. The number of aliphatic hydroxyl groups is 1. The van der Waals surface area contributed by atoms with Gasteiger partial charge in [0.25, 0.3) is 0 Å². The van der Waals surface area contributed by atoms with Gasteiger partial charge in [0.15, 0.2) is 0 Å². The Morgan fingerprint density at radius 3 is 2.42 bits per heavy atom. The number of aliphatic hydroxyl groups excluding tert-OH is 1. The highest BCUT2D eigenvalue weighted by atomic mass is 16.5. The zero-order chi connectivity index (χ0) is 17.9. The molecule has 26 heavy (non-hydrogen) atoms. The zero-order valence-corrected chi connectivity index (χ0v) is 14.6. The third kappa shape index (κ3) is 3.20. The average Bonchev–Trinajstić information content (AvgIpc) is 3.01. The molecule has 0 saturated carbocycles. The Kier molecular flexibility index (Phi) is 4.91. The molecule has 1 aliphatic carbocycles.